The number of halogens is 3. The summed E-state index contributed by atoms with van der Waals surface area (Å²) < 4.78 is 0. The molecule has 0 aliphatic heterocycles. The fraction of sp³-hybridized carbons (Fsp3) is 0.167. The molecule has 0 N–H and O–H groups in total. The van der Waals surface area contributed by atoms with Gasteiger partial charge in [0.05, 0.1) is 0 Å². The summed E-state index contributed by atoms with van der Waals surface area (Å²) in [6.45, 7) is 1.98. The first-order valence-corrected chi connectivity index (χ1v) is 17.2. The van der Waals surface area contributed by atoms with Crippen LogP contribution in [0.4, 0.5) is 0 Å². The Morgan fingerprint density at radius 2 is 2.00 bits per heavy atom. The maximum absolute atomic E-state index is 5.50. The minimum atomic E-state index is -0.250. The summed E-state index contributed by atoms with van der Waals surface area (Å²) >= 11 is 11.8. The van der Waals surface area contributed by atoms with Crippen molar-refractivity contribution in [1.29, 1.82) is 0 Å². The molecule has 58 valence electrons. The second-order valence-corrected chi connectivity index (χ2v) is 16.2. The molecule has 0 amide bonds. The van der Waals surface area contributed by atoms with Crippen LogP contribution in [-0.2, 0) is 13.2 Å². The number of rotatable bonds is 0. The third-order valence-corrected chi connectivity index (χ3v) is 1.10. The Kier molecular flexibility index (Phi) is 8.37. The first kappa shape index (κ1) is 12.0. The predicted molar refractivity (Wildman–Crippen MR) is 51.8 cm³/mol. The average Bonchev–Trinajstić information content (AvgIpc) is 1.97. The summed E-state index contributed by atoms with van der Waals surface area (Å²) in [5, 5.41) is 0.551. The third-order valence-electron chi connectivity index (χ3n) is 0.875. The SMILES string of the molecule is Cc1ccc(Cl)nc1.[Br][Zn][Br]. The van der Waals surface area contributed by atoms with E-state index in [1.54, 1.807) is 12.3 Å². The Morgan fingerprint density at radius 3 is 2.27 bits per heavy atom. The fourth-order valence-corrected chi connectivity index (χ4v) is 0.562. The van der Waals surface area contributed by atoms with Gasteiger partial charge < -0.3 is 0 Å². The summed E-state index contributed by atoms with van der Waals surface area (Å²) in [5.74, 6) is 0. The van der Waals surface area contributed by atoms with Crippen molar-refractivity contribution in [3.63, 3.8) is 0 Å². The molecule has 1 aromatic rings. The minimum absolute atomic E-state index is 0.250. The number of hydrogen-bond acceptors (Lipinski definition) is 1. The van der Waals surface area contributed by atoms with Gasteiger partial charge in [0.25, 0.3) is 0 Å². The van der Waals surface area contributed by atoms with Gasteiger partial charge in [-0.25, -0.2) is 4.98 Å². The number of nitrogens with zero attached hydrogens (tertiary/aromatic N) is 1. The zero-order valence-corrected chi connectivity index (χ0v) is 12.9. The molecule has 0 aliphatic carbocycles. The van der Waals surface area contributed by atoms with Crippen molar-refractivity contribution in [2.24, 2.45) is 0 Å². The molecule has 5 heteroatoms. The molecule has 0 saturated heterocycles. The van der Waals surface area contributed by atoms with Crippen molar-refractivity contribution < 1.29 is 13.2 Å². The van der Waals surface area contributed by atoms with Gasteiger partial charge in [-0.15, -0.1) is 0 Å². The molecule has 0 saturated carbocycles. The summed E-state index contributed by atoms with van der Waals surface area (Å²) in [6, 6.07) is 3.70. The van der Waals surface area contributed by atoms with Gasteiger partial charge >= 0.3 is 40.5 Å². The molecule has 0 aromatic carbocycles. The average molecular weight is 353 g/mol. The molecular weight excluding hydrogens is 347 g/mol. The van der Waals surface area contributed by atoms with Crippen molar-refractivity contribution in [3.8, 4) is 0 Å². The van der Waals surface area contributed by atoms with Gasteiger partial charge in [-0.3, -0.25) is 0 Å². The molecule has 11 heavy (non-hydrogen) atoms. The first-order chi connectivity index (χ1) is 5.20. The molecule has 0 atom stereocenters. The van der Waals surface area contributed by atoms with Crippen molar-refractivity contribution in [2.45, 2.75) is 6.92 Å². The topological polar surface area (TPSA) is 12.9 Å². The molecule has 1 rings (SSSR count). The van der Waals surface area contributed by atoms with E-state index in [-0.39, 0.29) is 13.2 Å². The monoisotopic (exact) mass is 349 g/mol. The van der Waals surface area contributed by atoms with Crippen LogP contribution in [0.1, 0.15) is 5.56 Å². The number of pyridine rings is 1. The van der Waals surface area contributed by atoms with Crippen LogP contribution in [0, 0.1) is 6.92 Å². The molecule has 0 bridgehead atoms. The van der Waals surface area contributed by atoms with Crippen molar-refractivity contribution >= 4 is 38.8 Å². The second kappa shape index (κ2) is 7.66. The van der Waals surface area contributed by atoms with Crippen LogP contribution in [0.2, 0.25) is 5.15 Å². The Balaban J connectivity index is 0.000000292. The zero-order valence-electron chi connectivity index (χ0n) is 6.02. The fourth-order valence-electron chi connectivity index (χ4n) is 0.450. The molecular formula is C6H6Br2ClNZn. The van der Waals surface area contributed by atoms with Gasteiger partial charge in [-0.2, -0.15) is 0 Å². The van der Waals surface area contributed by atoms with E-state index in [0.29, 0.717) is 5.15 Å². The standard InChI is InChI=1S/C6H6ClN.2BrH.Zn/c1-5-2-3-6(7)8-4-5;;;/h2-4H,1H3;2*1H;/q;;;+2/p-2. The van der Waals surface area contributed by atoms with E-state index >= 15 is 0 Å². The van der Waals surface area contributed by atoms with Crippen molar-refractivity contribution in [2.75, 3.05) is 0 Å². The van der Waals surface area contributed by atoms with E-state index < -0.39 is 0 Å². The van der Waals surface area contributed by atoms with Crippen LogP contribution in [0.3, 0.4) is 0 Å². The van der Waals surface area contributed by atoms with E-state index in [2.05, 4.69) is 32.2 Å². The Morgan fingerprint density at radius 1 is 1.45 bits per heavy atom. The van der Waals surface area contributed by atoms with Gasteiger partial charge in [-0.1, -0.05) is 17.7 Å². The summed E-state index contributed by atoms with van der Waals surface area (Å²) in [7, 11) is 0. The van der Waals surface area contributed by atoms with E-state index in [9.17, 15) is 0 Å². The summed E-state index contributed by atoms with van der Waals surface area (Å²) in [5.41, 5.74) is 1.13. The van der Waals surface area contributed by atoms with Gasteiger partial charge in [0.2, 0.25) is 0 Å². The zero-order chi connectivity index (χ0) is 8.69. The predicted octanol–water partition coefficient (Wildman–Crippen LogP) is 3.73. The van der Waals surface area contributed by atoms with Crippen molar-refractivity contribution in [3.05, 3.63) is 29.0 Å². The Bertz CT molecular complexity index is 171. The maximum atomic E-state index is 5.50. The van der Waals surface area contributed by atoms with Crippen LogP contribution in [0.15, 0.2) is 18.3 Å². The van der Waals surface area contributed by atoms with E-state index in [4.69, 9.17) is 11.6 Å². The van der Waals surface area contributed by atoms with Crippen LogP contribution in [0.25, 0.3) is 0 Å². The summed E-state index contributed by atoms with van der Waals surface area (Å²) in [6.07, 6.45) is 1.74. The van der Waals surface area contributed by atoms with E-state index in [1.165, 1.54) is 0 Å². The molecule has 0 fully saturated rings. The van der Waals surface area contributed by atoms with Crippen LogP contribution in [-0.4, -0.2) is 4.98 Å². The van der Waals surface area contributed by atoms with Crippen LogP contribution < -0.4 is 0 Å². The molecule has 0 unspecified atom stereocenters. The molecule has 1 nitrogen and oxygen atoms in total. The van der Waals surface area contributed by atoms with Crippen LogP contribution in [0.5, 0.6) is 0 Å². The molecule has 0 aliphatic rings. The summed E-state index contributed by atoms with van der Waals surface area (Å²) in [4.78, 5) is 3.84. The van der Waals surface area contributed by atoms with E-state index in [0.717, 1.165) is 5.56 Å². The van der Waals surface area contributed by atoms with E-state index in [1.807, 2.05) is 13.0 Å². The number of aromatic nitrogens is 1. The van der Waals surface area contributed by atoms with Gasteiger partial charge in [0.15, 0.2) is 0 Å². The molecule has 0 radical (unpaired) electrons. The Labute approximate surface area is 92.2 Å². The van der Waals surface area contributed by atoms with Crippen molar-refractivity contribution in [1.82, 2.24) is 4.98 Å². The molecule has 0 spiro atoms. The van der Waals surface area contributed by atoms with Gasteiger partial charge in [0, 0.05) is 6.20 Å². The Hall–Kier alpha value is 1.02. The molecule has 1 aromatic heterocycles. The van der Waals surface area contributed by atoms with Gasteiger partial charge in [0.1, 0.15) is 5.15 Å². The number of hydrogen-bond donors (Lipinski definition) is 0. The number of aryl methyl sites for hydroxylation is 1. The normalized spacial score (nSPS) is 7.64. The van der Waals surface area contributed by atoms with Crippen LogP contribution >= 0.6 is 38.8 Å². The molecule has 1 heterocycles. The van der Waals surface area contributed by atoms with Gasteiger partial charge in [-0.05, 0) is 18.6 Å². The second-order valence-electron chi connectivity index (χ2n) is 1.76. The quantitative estimate of drug-likeness (QED) is 0.512. The third kappa shape index (κ3) is 7.39. The first-order valence-electron chi connectivity index (χ1n) is 2.90.